The van der Waals surface area contributed by atoms with Crippen molar-refractivity contribution in [3.8, 4) is 0 Å². The Kier molecular flexibility index (Phi) is 4.08. The second-order valence-electron chi connectivity index (χ2n) is 5.97. The minimum atomic E-state index is -3.20. The summed E-state index contributed by atoms with van der Waals surface area (Å²) in [5, 5.41) is 3.60. The van der Waals surface area contributed by atoms with Crippen LogP contribution in [0.15, 0.2) is 24.3 Å². The van der Waals surface area contributed by atoms with Gasteiger partial charge in [0.2, 0.25) is 10.0 Å². The fourth-order valence-electron chi connectivity index (χ4n) is 3.23. The normalized spacial score (nSPS) is 28.3. The Balaban J connectivity index is 1.62. The van der Waals surface area contributed by atoms with Crippen LogP contribution in [0.2, 0.25) is 0 Å². The largest absolute Gasteiger partial charge is 0.381 e. The molecule has 3 fully saturated rings. The number of nitrogens with zero attached hydrogens (tertiary/aromatic N) is 1. The minimum Gasteiger partial charge on any atom is -0.381 e. The first-order valence-electron chi connectivity index (χ1n) is 7.65. The molecule has 3 saturated heterocycles. The maximum Gasteiger partial charge on any atom is 0.232 e. The molecule has 1 aromatic carbocycles. The highest BCUT2D eigenvalue weighted by Gasteiger charge is 2.33. The Morgan fingerprint density at radius 3 is 2.29 bits per heavy atom. The molecular weight excluding hydrogens is 286 g/mol. The van der Waals surface area contributed by atoms with E-state index in [1.54, 1.807) is 6.92 Å². The minimum absolute atomic E-state index is 0.0899. The summed E-state index contributed by atoms with van der Waals surface area (Å²) in [4.78, 5) is 2.52. The van der Waals surface area contributed by atoms with Gasteiger partial charge in [-0.25, -0.2) is 8.42 Å². The third-order valence-corrected chi connectivity index (χ3v) is 5.85. The lowest BCUT2D eigenvalue weighted by Crippen LogP contribution is -2.53. The van der Waals surface area contributed by atoms with Crippen molar-refractivity contribution in [2.24, 2.45) is 5.92 Å². The number of hydrogen-bond donors (Lipinski definition) is 2. The summed E-state index contributed by atoms with van der Waals surface area (Å²) in [6, 6.07) is 8.05. The van der Waals surface area contributed by atoms with Crippen molar-refractivity contribution in [2.75, 3.05) is 35.4 Å². The lowest BCUT2D eigenvalue weighted by atomic mass is 9.84. The van der Waals surface area contributed by atoms with E-state index in [1.165, 1.54) is 25.9 Å². The van der Waals surface area contributed by atoms with Crippen molar-refractivity contribution in [1.82, 2.24) is 4.90 Å². The standard InChI is InChI=1S/C15H23N3O2S/c1-2-21(19,20)17-14-5-3-13(4-6-14)16-15-11-18-9-7-12(15)8-10-18/h3-6,12,15-17H,2,7-11H2,1H3. The summed E-state index contributed by atoms with van der Waals surface area (Å²) in [5.41, 5.74) is 1.68. The molecule has 4 rings (SSSR count). The van der Waals surface area contributed by atoms with Crippen molar-refractivity contribution >= 4 is 21.4 Å². The van der Waals surface area contributed by atoms with Gasteiger partial charge in [0, 0.05) is 24.0 Å². The summed E-state index contributed by atoms with van der Waals surface area (Å²) in [7, 11) is -3.20. The SMILES string of the molecule is CCS(=O)(=O)Nc1ccc(NC2CN3CCC2CC3)cc1. The van der Waals surface area contributed by atoms with Crippen LogP contribution in [0.5, 0.6) is 0 Å². The average Bonchev–Trinajstić information content (AvgIpc) is 2.50. The number of rotatable bonds is 5. The molecule has 116 valence electrons. The highest BCUT2D eigenvalue weighted by atomic mass is 32.2. The molecule has 2 bridgehead atoms. The number of nitrogens with one attached hydrogen (secondary N) is 2. The second-order valence-corrected chi connectivity index (χ2v) is 7.98. The molecule has 2 N–H and O–H groups in total. The van der Waals surface area contributed by atoms with Gasteiger partial charge in [-0.15, -0.1) is 0 Å². The van der Waals surface area contributed by atoms with E-state index in [4.69, 9.17) is 0 Å². The van der Waals surface area contributed by atoms with Crippen molar-refractivity contribution in [2.45, 2.75) is 25.8 Å². The highest BCUT2D eigenvalue weighted by molar-refractivity contribution is 7.92. The molecule has 5 nitrogen and oxygen atoms in total. The summed E-state index contributed by atoms with van der Waals surface area (Å²) in [5.74, 6) is 0.861. The fraction of sp³-hybridized carbons (Fsp3) is 0.600. The Bertz CT molecular complexity index is 577. The number of anilines is 2. The van der Waals surface area contributed by atoms with Crippen LogP contribution >= 0.6 is 0 Å². The summed E-state index contributed by atoms with van der Waals surface area (Å²) in [6.07, 6.45) is 2.57. The van der Waals surface area contributed by atoms with Gasteiger partial charge < -0.3 is 10.2 Å². The molecule has 0 amide bonds. The Hall–Kier alpha value is -1.27. The Morgan fingerprint density at radius 1 is 1.14 bits per heavy atom. The molecule has 0 spiro atoms. The topological polar surface area (TPSA) is 61.4 Å². The van der Waals surface area contributed by atoms with E-state index < -0.39 is 10.0 Å². The van der Waals surface area contributed by atoms with Crippen LogP contribution in [0, 0.1) is 5.92 Å². The number of sulfonamides is 1. The lowest BCUT2D eigenvalue weighted by Gasteiger charge is -2.45. The first kappa shape index (κ1) is 14.7. The fourth-order valence-corrected chi connectivity index (χ4v) is 3.87. The molecule has 1 unspecified atom stereocenters. The molecule has 3 heterocycles. The van der Waals surface area contributed by atoms with Gasteiger partial charge in [0.1, 0.15) is 0 Å². The monoisotopic (exact) mass is 309 g/mol. The van der Waals surface area contributed by atoms with Crippen molar-refractivity contribution < 1.29 is 8.42 Å². The van der Waals surface area contributed by atoms with Gasteiger partial charge >= 0.3 is 0 Å². The van der Waals surface area contributed by atoms with E-state index in [-0.39, 0.29) is 5.75 Å². The van der Waals surface area contributed by atoms with Crippen LogP contribution in [-0.4, -0.2) is 44.7 Å². The molecular formula is C15H23N3O2S. The van der Waals surface area contributed by atoms with E-state index in [0.29, 0.717) is 11.7 Å². The molecule has 6 heteroatoms. The van der Waals surface area contributed by atoms with E-state index in [9.17, 15) is 8.42 Å². The van der Waals surface area contributed by atoms with Crippen molar-refractivity contribution in [3.05, 3.63) is 24.3 Å². The van der Waals surface area contributed by atoms with Crippen LogP contribution in [0.4, 0.5) is 11.4 Å². The third kappa shape index (κ3) is 3.49. The Labute approximate surface area is 126 Å². The zero-order chi connectivity index (χ0) is 14.9. The van der Waals surface area contributed by atoms with Crippen LogP contribution in [0.3, 0.4) is 0 Å². The summed E-state index contributed by atoms with van der Waals surface area (Å²) >= 11 is 0. The Morgan fingerprint density at radius 2 is 1.76 bits per heavy atom. The molecule has 0 aromatic heterocycles. The number of hydrogen-bond acceptors (Lipinski definition) is 4. The van der Waals surface area contributed by atoms with Gasteiger partial charge in [-0.1, -0.05) is 0 Å². The van der Waals surface area contributed by atoms with E-state index >= 15 is 0 Å². The van der Waals surface area contributed by atoms with Gasteiger partial charge in [-0.05, 0) is 63.0 Å². The number of piperidine rings is 3. The predicted octanol–water partition coefficient (Wildman–Crippen LogP) is 1.95. The first-order chi connectivity index (χ1) is 10.1. The van der Waals surface area contributed by atoms with Gasteiger partial charge in [0.05, 0.1) is 5.75 Å². The molecule has 1 atom stereocenters. The van der Waals surface area contributed by atoms with Gasteiger partial charge in [0.25, 0.3) is 0 Å². The average molecular weight is 309 g/mol. The number of benzene rings is 1. The molecule has 21 heavy (non-hydrogen) atoms. The molecule has 3 aliphatic rings. The second kappa shape index (κ2) is 5.85. The molecule has 0 saturated carbocycles. The summed E-state index contributed by atoms with van der Waals surface area (Å²) in [6.45, 7) is 5.22. The zero-order valence-corrected chi connectivity index (χ0v) is 13.2. The first-order valence-corrected chi connectivity index (χ1v) is 9.30. The van der Waals surface area contributed by atoms with Gasteiger partial charge in [-0.3, -0.25) is 4.72 Å². The van der Waals surface area contributed by atoms with E-state index in [2.05, 4.69) is 14.9 Å². The number of fused-ring (bicyclic) bond motifs is 3. The zero-order valence-electron chi connectivity index (χ0n) is 12.4. The van der Waals surface area contributed by atoms with E-state index in [0.717, 1.165) is 18.2 Å². The molecule has 0 aliphatic carbocycles. The summed E-state index contributed by atoms with van der Waals surface area (Å²) < 4.78 is 25.6. The quantitative estimate of drug-likeness (QED) is 0.873. The molecule has 1 aromatic rings. The predicted molar refractivity (Wildman–Crippen MR) is 86.1 cm³/mol. The van der Waals surface area contributed by atoms with Gasteiger partial charge in [0.15, 0.2) is 0 Å². The van der Waals surface area contributed by atoms with E-state index in [1.807, 2.05) is 24.3 Å². The highest BCUT2D eigenvalue weighted by Crippen LogP contribution is 2.30. The van der Waals surface area contributed by atoms with Crippen LogP contribution in [0.25, 0.3) is 0 Å². The maximum absolute atomic E-state index is 11.5. The maximum atomic E-state index is 11.5. The third-order valence-electron chi connectivity index (χ3n) is 4.55. The van der Waals surface area contributed by atoms with Crippen molar-refractivity contribution in [1.29, 1.82) is 0 Å². The van der Waals surface area contributed by atoms with Gasteiger partial charge in [-0.2, -0.15) is 0 Å². The van der Waals surface area contributed by atoms with Crippen molar-refractivity contribution in [3.63, 3.8) is 0 Å². The van der Waals surface area contributed by atoms with Crippen LogP contribution in [-0.2, 0) is 10.0 Å². The lowest BCUT2D eigenvalue weighted by molar-refractivity contribution is 0.0975. The smallest absolute Gasteiger partial charge is 0.232 e. The van der Waals surface area contributed by atoms with Crippen LogP contribution in [0.1, 0.15) is 19.8 Å². The van der Waals surface area contributed by atoms with Crippen LogP contribution < -0.4 is 10.0 Å². The molecule has 3 aliphatic heterocycles. The molecule has 0 radical (unpaired) electrons.